The summed E-state index contributed by atoms with van der Waals surface area (Å²) in [7, 11) is 0. The van der Waals surface area contributed by atoms with Crippen LogP contribution in [0.1, 0.15) is 63.0 Å². The summed E-state index contributed by atoms with van der Waals surface area (Å²) in [6.07, 6.45) is 6.51. The molecule has 2 rings (SSSR count). The van der Waals surface area contributed by atoms with E-state index in [-0.39, 0.29) is 5.69 Å². The van der Waals surface area contributed by atoms with Gasteiger partial charge < -0.3 is 15.0 Å². The highest BCUT2D eigenvalue weighted by Gasteiger charge is 2.31. The van der Waals surface area contributed by atoms with Crippen LogP contribution in [0.15, 0.2) is 6.33 Å². The van der Waals surface area contributed by atoms with Crippen molar-refractivity contribution in [3.63, 3.8) is 0 Å². The molecule has 1 aliphatic rings. The van der Waals surface area contributed by atoms with Gasteiger partial charge in [0.2, 0.25) is 0 Å². The van der Waals surface area contributed by atoms with Crippen LogP contribution < -0.4 is 5.73 Å². The Morgan fingerprint density at radius 3 is 2.85 bits per heavy atom. The number of carbonyl (C=O) groups is 1. The fourth-order valence-electron chi connectivity index (χ4n) is 3.25. The molecule has 2 unspecified atom stereocenters. The zero-order valence-corrected chi connectivity index (χ0v) is 12.6. The third-order valence-corrected chi connectivity index (χ3v) is 4.30. The SMILES string of the molecule is CCOC(=O)c1ncn(C2CCCCC2C(C)C)c1N. The topological polar surface area (TPSA) is 70.1 Å². The number of nitrogens with two attached hydrogens (primary N) is 1. The summed E-state index contributed by atoms with van der Waals surface area (Å²) in [5, 5.41) is 0. The average molecular weight is 279 g/mol. The molecule has 5 nitrogen and oxygen atoms in total. The zero-order chi connectivity index (χ0) is 14.7. The lowest BCUT2D eigenvalue weighted by molar-refractivity contribution is 0.0521. The third-order valence-electron chi connectivity index (χ3n) is 4.30. The van der Waals surface area contributed by atoms with Crippen LogP contribution in [0.25, 0.3) is 0 Å². The van der Waals surface area contributed by atoms with Gasteiger partial charge in [-0.25, -0.2) is 9.78 Å². The van der Waals surface area contributed by atoms with Crippen LogP contribution in [-0.4, -0.2) is 22.1 Å². The Bertz CT molecular complexity index is 468. The summed E-state index contributed by atoms with van der Waals surface area (Å²) >= 11 is 0. The van der Waals surface area contributed by atoms with Crippen molar-refractivity contribution in [2.24, 2.45) is 11.8 Å². The van der Waals surface area contributed by atoms with Crippen LogP contribution in [0.2, 0.25) is 0 Å². The van der Waals surface area contributed by atoms with Gasteiger partial charge in [-0.05, 0) is 31.6 Å². The second kappa shape index (κ2) is 6.29. The number of esters is 1. The van der Waals surface area contributed by atoms with Crippen LogP contribution in [0.4, 0.5) is 5.82 Å². The van der Waals surface area contributed by atoms with Gasteiger partial charge in [0, 0.05) is 6.04 Å². The first-order valence-electron chi connectivity index (χ1n) is 7.55. The molecule has 2 atom stereocenters. The van der Waals surface area contributed by atoms with Crippen LogP contribution in [0.5, 0.6) is 0 Å². The highest BCUT2D eigenvalue weighted by atomic mass is 16.5. The molecule has 5 heteroatoms. The third kappa shape index (κ3) is 2.81. The van der Waals surface area contributed by atoms with Crippen LogP contribution >= 0.6 is 0 Å². The molecule has 0 bridgehead atoms. The van der Waals surface area contributed by atoms with Crippen molar-refractivity contribution >= 4 is 11.8 Å². The minimum absolute atomic E-state index is 0.250. The van der Waals surface area contributed by atoms with Crippen molar-refractivity contribution in [3.05, 3.63) is 12.0 Å². The first-order valence-corrected chi connectivity index (χ1v) is 7.55. The van der Waals surface area contributed by atoms with Crippen LogP contribution in [-0.2, 0) is 4.74 Å². The summed E-state index contributed by atoms with van der Waals surface area (Å²) in [5.74, 6) is 1.21. The largest absolute Gasteiger partial charge is 0.461 e. The van der Waals surface area contributed by atoms with Gasteiger partial charge in [0.05, 0.1) is 12.9 Å². The summed E-state index contributed by atoms with van der Waals surface area (Å²) in [5.41, 5.74) is 6.38. The van der Waals surface area contributed by atoms with E-state index in [2.05, 4.69) is 18.8 Å². The molecule has 0 amide bonds. The van der Waals surface area contributed by atoms with Gasteiger partial charge in [0.1, 0.15) is 5.82 Å². The fraction of sp³-hybridized carbons (Fsp3) is 0.733. The Balaban J connectivity index is 2.25. The zero-order valence-electron chi connectivity index (χ0n) is 12.6. The van der Waals surface area contributed by atoms with Crippen molar-refractivity contribution in [3.8, 4) is 0 Å². The van der Waals surface area contributed by atoms with Gasteiger partial charge in [-0.3, -0.25) is 0 Å². The van der Waals surface area contributed by atoms with E-state index < -0.39 is 5.97 Å². The maximum absolute atomic E-state index is 11.8. The van der Waals surface area contributed by atoms with E-state index >= 15 is 0 Å². The van der Waals surface area contributed by atoms with Gasteiger partial charge in [-0.2, -0.15) is 0 Å². The summed E-state index contributed by atoms with van der Waals surface area (Å²) in [6, 6.07) is 0.347. The van der Waals surface area contributed by atoms with Gasteiger partial charge in [-0.1, -0.05) is 26.7 Å². The summed E-state index contributed by atoms with van der Waals surface area (Å²) < 4.78 is 6.97. The molecule has 1 fully saturated rings. The predicted octanol–water partition coefficient (Wildman–Crippen LogP) is 3.03. The molecule has 0 radical (unpaired) electrons. The molecule has 112 valence electrons. The summed E-state index contributed by atoms with van der Waals surface area (Å²) in [4.78, 5) is 16.0. The standard InChI is InChI=1S/C15H25N3O2/c1-4-20-15(19)13-14(16)18(9-17-13)12-8-6-5-7-11(12)10(2)3/h9-12H,4-8,16H2,1-3H3. The number of nitrogen functional groups attached to an aromatic ring is 1. The second-order valence-corrected chi connectivity index (χ2v) is 5.87. The Morgan fingerprint density at radius 2 is 2.20 bits per heavy atom. The minimum atomic E-state index is -0.430. The van der Waals surface area contributed by atoms with Gasteiger partial charge in [0.15, 0.2) is 5.69 Å². The Hall–Kier alpha value is -1.52. The van der Waals surface area contributed by atoms with E-state index in [4.69, 9.17) is 10.5 Å². The predicted molar refractivity (Wildman–Crippen MR) is 78.4 cm³/mol. The number of rotatable bonds is 4. The molecular formula is C15H25N3O2. The van der Waals surface area contributed by atoms with E-state index in [0.29, 0.717) is 30.3 Å². The molecule has 0 spiro atoms. The van der Waals surface area contributed by atoms with Crippen molar-refractivity contribution in [1.29, 1.82) is 0 Å². The highest BCUT2D eigenvalue weighted by Crippen LogP contribution is 2.39. The van der Waals surface area contributed by atoms with Crippen molar-refractivity contribution in [1.82, 2.24) is 9.55 Å². The maximum Gasteiger partial charge on any atom is 0.360 e. The lowest BCUT2D eigenvalue weighted by Gasteiger charge is -2.35. The Morgan fingerprint density at radius 1 is 1.50 bits per heavy atom. The van der Waals surface area contributed by atoms with Crippen molar-refractivity contribution < 1.29 is 9.53 Å². The van der Waals surface area contributed by atoms with E-state index in [1.165, 1.54) is 19.3 Å². The molecule has 0 aromatic carbocycles. The lowest BCUT2D eigenvalue weighted by atomic mass is 9.77. The summed E-state index contributed by atoms with van der Waals surface area (Å²) in [6.45, 7) is 6.62. The lowest BCUT2D eigenvalue weighted by Crippen LogP contribution is -2.27. The monoisotopic (exact) mass is 279 g/mol. The van der Waals surface area contributed by atoms with E-state index in [9.17, 15) is 4.79 Å². The number of imidazole rings is 1. The average Bonchev–Trinajstić information content (AvgIpc) is 2.80. The molecular weight excluding hydrogens is 254 g/mol. The Labute approximate surface area is 120 Å². The van der Waals surface area contributed by atoms with E-state index in [0.717, 1.165) is 6.42 Å². The first kappa shape index (κ1) is 14.9. The number of ether oxygens (including phenoxy) is 1. The number of hydrogen-bond acceptors (Lipinski definition) is 4. The minimum Gasteiger partial charge on any atom is -0.461 e. The van der Waals surface area contributed by atoms with Crippen molar-refractivity contribution in [2.45, 2.75) is 52.5 Å². The molecule has 1 heterocycles. The number of anilines is 1. The molecule has 0 saturated heterocycles. The van der Waals surface area contributed by atoms with Crippen LogP contribution in [0.3, 0.4) is 0 Å². The Kier molecular flexibility index (Phi) is 4.68. The molecule has 0 aliphatic heterocycles. The normalized spacial score (nSPS) is 23.0. The van der Waals surface area contributed by atoms with Gasteiger partial charge >= 0.3 is 5.97 Å². The quantitative estimate of drug-likeness (QED) is 0.860. The van der Waals surface area contributed by atoms with Gasteiger partial charge in [-0.15, -0.1) is 0 Å². The molecule has 1 aliphatic carbocycles. The molecule has 1 saturated carbocycles. The van der Waals surface area contributed by atoms with Crippen LogP contribution in [0, 0.1) is 11.8 Å². The number of aromatic nitrogens is 2. The second-order valence-electron chi connectivity index (χ2n) is 5.87. The number of nitrogens with zero attached hydrogens (tertiary/aromatic N) is 2. The maximum atomic E-state index is 11.8. The first-order chi connectivity index (χ1) is 9.56. The van der Waals surface area contributed by atoms with E-state index in [1.807, 2.05) is 4.57 Å². The number of hydrogen-bond donors (Lipinski definition) is 1. The smallest absolute Gasteiger partial charge is 0.360 e. The number of carbonyl (C=O) groups excluding carboxylic acids is 1. The van der Waals surface area contributed by atoms with Gasteiger partial charge in [0.25, 0.3) is 0 Å². The molecule has 1 aromatic heterocycles. The van der Waals surface area contributed by atoms with E-state index in [1.54, 1.807) is 13.3 Å². The molecule has 2 N–H and O–H groups in total. The fourth-order valence-corrected chi connectivity index (χ4v) is 3.25. The van der Waals surface area contributed by atoms with Crippen molar-refractivity contribution in [2.75, 3.05) is 12.3 Å². The molecule has 1 aromatic rings. The molecule has 20 heavy (non-hydrogen) atoms. The highest BCUT2D eigenvalue weighted by molar-refractivity contribution is 5.92.